The second-order valence-corrected chi connectivity index (χ2v) is 7.82. The number of nitrogens with one attached hydrogen (secondary N) is 1. The van der Waals surface area contributed by atoms with Crippen molar-refractivity contribution in [2.24, 2.45) is 0 Å². The Morgan fingerprint density at radius 1 is 1.21 bits per heavy atom. The van der Waals surface area contributed by atoms with Crippen LogP contribution in [0.3, 0.4) is 0 Å². The highest BCUT2D eigenvalue weighted by Crippen LogP contribution is 2.28. The highest BCUT2D eigenvalue weighted by atomic mass is 32.1. The van der Waals surface area contributed by atoms with Crippen molar-refractivity contribution >= 4 is 17.2 Å². The van der Waals surface area contributed by atoms with Gasteiger partial charge in [0.1, 0.15) is 16.6 Å². The van der Waals surface area contributed by atoms with E-state index in [4.69, 9.17) is 4.74 Å². The van der Waals surface area contributed by atoms with Crippen LogP contribution in [0.1, 0.15) is 34.8 Å². The number of nitrogens with zero attached hydrogens (tertiary/aromatic N) is 1. The highest BCUT2D eigenvalue weighted by Gasteiger charge is 2.11. The maximum absolute atomic E-state index is 13.4. The Hall–Kier alpha value is -2.73. The van der Waals surface area contributed by atoms with E-state index in [1.54, 1.807) is 30.3 Å². The standard InChI is InChI=1S/C22H23FN2O2S/c1-14(2)27-19-9-7-16(8-10-19)21(26)24-12-11-20-15(3)25-22(28-20)17-5-4-6-18(23)13-17/h4-10,13-14H,11-12H2,1-3H3,(H,24,26). The van der Waals surface area contributed by atoms with E-state index in [-0.39, 0.29) is 17.8 Å². The predicted molar refractivity (Wildman–Crippen MR) is 110 cm³/mol. The molecule has 0 radical (unpaired) electrons. The maximum atomic E-state index is 13.4. The van der Waals surface area contributed by atoms with Crippen LogP contribution in [0.2, 0.25) is 0 Å². The fourth-order valence-corrected chi connectivity index (χ4v) is 3.81. The quantitative estimate of drug-likeness (QED) is 0.608. The summed E-state index contributed by atoms with van der Waals surface area (Å²) in [4.78, 5) is 17.9. The van der Waals surface area contributed by atoms with E-state index in [9.17, 15) is 9.18 Å². The number of hydrogen-bond donors (Lipinski definition) is 1. The zero-order valence-corrected chi connectivity index (χ0v) is 17.0. The monoisotopic (exact) mass is 398 g/mol. The Morgan fingerprint density at radius 3 is 2.64 bits per heavy atom. The molecule has 1 aromatic heterocycles. The van der Waals surface area contributed by atoms with Crippen LogP contribution in [0, 0.1) is 12.7 Å². The summed E-state index contributed by atoms with van der Waals surface area (Å²) < 4.78 is 19.0. The van der Waals surface area contributed by atoms with Crippen LogP contribution in [0.5, 0.6) is 5.75 Å². The van der Waals surface area contributed by atoms with Crippen molar-refractivity contribution < 1.29 is 13.9 Å². The molecule has 0 fully saturated rings. The number of halogens is 1. The van der Waals surface area contributed by atoms with Crippen molar-refractivity contribution in [2.45, 2.75) is 33.3 Å². The molecule has 0 unspecified atom stereocenters. The number of aromatic nitrogens is 1. The molecule has 2 aromatic carbocycles. The van der Waals surface area contributed by atoms with Crippen LogP contribution in [-0.2, 0) is 6.42 Å². The Morgan fingerprint density at radius 2 is 1.96 bits per heavy atom. The van der Waals surface area contributed by atoms with Crippen molar-refractivity contribution in [3.8, 4) is 16.3 Å². The summed E-state index contributed by atoms with van der Waals surface area (Å²) >= 11 is 1.53. The minimum absolute atomic E-state index is 0.0968. The SMILES string of the molecule is Cc1nc(-c2cccc(F)c2)sc1CCNC(=O)c1ccc(OC(C)C)cc1. The predicted octanol–water partition coefficient (Wildman–Crippen LogP) is 5.02. The van der Waals surface area contributed by atoms with Gasteiger partial charge in [-0.05, 0) is 57.2 Å². The van der Waals surface area contributed by atoms with Gasteiger partial charge in [-0.25, -0.2) is 9.37 Å². The molecule has 0 saturated carbocycles. The molecule has 3 aromatic rings. The largest absolute Gasteiger partial charge is 0.491 e. The van der Waals surface area contributed by atoms with Gasteiger partial charge in [-0.2, -0.15) is 0 Å². The second-order valence-electron chi connectivity index (χ2n) is 6.73. The van der Waals surface area contributed by atoms with Gasteiger partial charge < -0.3 is 10.1 Å². The number of aryl methyl sites for hydroxylation is 1. The van der Waals surface area contributed by atoms with E-state index >= 15 is 0 Å². The first-order valence-corrected chi connectivity index (χ1v) is 10.0. The lowest BCUT2D eigenvalue weighted by molar-refractivity contribution is 0.0954. The third-order valence-corrected chi connectivity index (χ3v) is 5.36. The molecule has 0 aliphatic rings. The lowest BCUT2D eigenvalue weighted by Crippen LogP contribution is -2.25. The summed E-state index contributed by atoms with van der Waals surface area (Å²) in [6.45, 7) is 6.36. The molecule has 0 bridgehead atoms. The number of hydrogen-bond acceptors (Lipinski definition) is 4. The van der Waals surface area contributed by atoms with E-state index in [1.807, 2.05) is 26.8 Å². The molecule has 6 heteroatoms. The molecule has 0 spiro atoms. The minimum atomic E-state index is -0.274. The Labute approximate surface area is 168 Å². The lowest BCUT2D eigenvalue weighted by atomic mass is 10.2. The fraction of sp³-hybridized carbons (Fsp3) is 0.273. The van der Waals surface area contributed by atoms with Crippen LogP contribution in [0.15, 0.2) is 48.5 Å². The number of benzene rings is 2. The van der Waals surface area contributed by atoms with Crippen molar-refractivity contribution in [1.82, 2.24) is 10.3 Å². The molecule has 0 saturated heterocycles. The molecule has 1 N–H and O–H groups in total. The molecule has 4 nitrogen and oxygen atoms in total. The molecule has 0 aliphatic heterocycles. The Balaban J connectivity index is 1.57. The van der Waals surface area contributed by atoms with Crippen LogP contribution in [-0.4, -0.2) is 23.5 Å². The van der Waals surface area contributed by atoms with Gasteiger partial charge in [-0.1, -0.05) is 12.1 Å². The number of amides is 1. The fourth-order valence-electron chi connectivity index (χ4n) is 2.75. The first kappa shape index (κ1) is 20.0. The van der Waals surface area contributed by atoms with Gasteiger partial charge in [0.15, 0.2) is 0 Å². The van der Waals surface area contributed by atoms with Gasteiger partial charge in [-0.15, -0.1) is 11.3 Å². The van der Waals surface area contributed by atoms with Crippen LogP contribution in [0.4, 0.5) is 4.39 Å². The van der Waals surface area contributed by atoms with Crippen molar-refractivity contribution in [2.75, 3.05) is 6.54 Å². The number of carbonyl (C=O) groups is 1. The molecule has 0 atom stereocenters. The van der Waals surface area contributed by atoms with Crippen LogP contribution >= 0.6 is 11.3 Å². The number of carbonyl (C=O) groups excluding carboxylic acids is 1. The summed E-state index contributed by atoms with van der Waals surface area (Å²) in [7, 11) is 0. The van der Waals surface area contributed by atoms with Crippen molar-refractivity contribution in [1.29, 1.82) is 0 Å². The third-order valence-electron chi connectivity index (χ3n) is 4.09. The number of ether oxygens (including phenoxy) is 1. The van der Waals surface area contributed by atoms with Gasteiger partial charge in [0.25, 0.3) is 5.91 Å². The zero-order valence-electron chi connectivity index (χ0n) is 16.2. The maximum Gasteiger partial charge on any atom is 0.251 e. The average Bonchev–Trinajstić information content (AvgIpc) is 3.02. The molecule has 1 amide bonds. The second kappa shape index (κ2) is 8.97. The molecule has 0 aliphatic carbocycles. The molecular formula is C22H23FN2O2S. The Bertz CT molecular complexity index is 951. The first-order chi connectivity index (χ1) is 13.4. The molecule has 146 valence electrons. The number of thiazole rings is 1. The van der Waals surface area contributed by atoms with Gasteiger partial charge in [0.05, 0.1) is 11.8 Å². The van der Waals surface area contributed by atoms with E-state index < -0.39 is 0 Å². The molecule has 3 rings (SSSR count). The third kappa shape index (κ3) is 5.16. The summed E-state index contributed by atoms with van der Waals surface area (Å²) in [6.07, 6.45) is 0.777. The van der Waals surface area contributed by atoms with E-state index in [0.29, 0.717) is 18.5 Å². The van der Waals surface area contributed by atoms with Crippen LogP contribution in [0.25, 0.3) is 10.6 Å². The average molecular weight is 399 g/mol. The highest BCUT2D eigenvalue weighted by molar-refractivity contribution is 7.15. The number of rotatable bonds is 7. The zero-order chi connectivity index (χ0) is 20.1. The minimum Gasteiger partial charge on any atom is -0.491 e. The van der Waals surface area contributed by atoms with E-state index in [2.05, 4.69) is 10.3 Å². The normalized spacial score (nSPS) is 10.9. The van der Waals surface area contributed by atoms with Crippen molar-refractivity contribution in [3.63, 3.8) is 0 Å². The molecular weight excluding hydrogens is 375 g/mol. The smallest absolute Gasteiger partial charge is 0.251 e. The molecule has 28 heavy (non-hydrogen) atoms. The summed E-state index contributed by atoms with van der Waals surface area (Å²) in [5.41, 5.74) is 2.28. The summed E-state index contributed by atoms with van der Waals surface area (Å²) in [5.74, 6) is 0.351. The topological polar surface area (TPSA) is 51.2 Å². The lowest BCUT2D eigenvalue weighted by Gasteiger charge is -2.10. The van der Waals surface area contributed by atoms with Gasteiger partial charge in [-0.3, -0.25) is 4.79 Å². The first-order valence-electron chi connectivity index (χ1n) is 9.19. The van der Waals surface area contributed by atoms with Gasteiger partial charge >= 0.3 is 0 Å². The molecule has 1 heterocycles. The van der Waals surface area contributed by atoms with E-state index in [0.717, 1.165) is 26.9 Å². The summed E-state index contributed by atoms with van der Waals surface area (Å²) in [5, 5.41) is 3.72. The van der Waals surface area contributed by atoms with Gasteiger partial charge in [0, 0.05) is 29.0 Å². The van der Waals surface area contributed by atoms with Crippen molar-refractivity contribution in [3.05, 3.63) is 70.5 Å². The van der Waals surface area contributed by atoms with Crippen LogP contribution < -0.4 is 10.1 Å². The Kier molecular flexibility index (Phi) is 6.41. The summed E-state index contributed by atoms with van der Waals surface area (Å²) in [6, 6.07) is 13.5. The van der Waals surface area contributed by atoms with Gasteiger partial charge in [0.2, 0.25) is 0 Å². The van der Waals surface area contributed by atoms with E-state index in [1.165, 1.54) is 23.5 Å².